The predicted octanol–water partition coefficient (Wildman–Crippen LogP) is 2.49. The Labute approximate surface area is 218 Å². The smallest absolute Gasteiger partial charge is 0.337 e. The summed E-state index contributed by atoms with van der Waals surface area (Å²) in [6.45, 7) is 2.23. The molecule has 0 amide bonds. The molecule has 11 heteroatoms. The van der Waals surface area contributed by atoms with Crippen molar-refractivity contribution in [2.24, 2.45) is 7.05 Å². The average Bonchev–Trinajstić information content (AvgIpc) is 3.67. The van der Waals surface area contributed by atoms with Crippen LogP contribution in [0.4, 0.5) is 5.69 Å². The van der Waals surface area contributed by atoms with E-state index in [1.807, 2.05) is 31.2 Å². The molecule has 2 heterocycles. The van der Waals surface area contributed by atoms with Gasteiger partial charge in [-0.3, -0.25) is 23.4 Å². The number of rotatable bonds is 8. The van der Waals surface area contributed by atoms with Crippen LogP contribution in [0.3, 0.4) is 0 Å². The van der Waals surface area contributed by atoms with Crippen molar-refractivity contribution >= 4 is 26.7 Å². The molecule has 10 nitrogen and oxygen atoms in total. The average molecular weight is 537 g/mol. The van der Waals surface area contributed by atoms with Gasteiger partial charge in [-0.05, 0) is 43.5 Å². The lowest BCUT2D eigenvalue weighted by molar-refractivity contribution is 0.324. The molecular weight excluding hydrogens is 508 g/mol. The summed E-state index contributed by atoms with van der Waals surface area (Å²) in [5, 5.41) is 0.115. The Hall–Kier alpha value is -4.12. The van der Waals surface area contributed by atoms with E-state index in [0.717, 1.165) is 17.4 Å². The highest BCUT2D eigenvalue weighted by atomic mass is 32.2. The van der Waals surface area contributed by atoms with E-state index in [4.69, 9.17) is 4.74 Å². The fraction of sp³-hybridized carbons (Fsp3) is 0.296. The van der Waals surface area contributed by atoms with Crippen molar-refractivity contribution in [3.8, 4) is 11.4 Å². The highest BCUT2D eigenvalue weighted by Gasteiger charge is 2.31. The Balaban J connectivity index is 1.70. The number of nitrogens with one attached hydrogen (secondary N) is 1. The number of fused-ring (bicyclic) bond motifs is 1. The molecule has 0 atom stereocenters. The van der Waals surface area contributed by atoms with E-state index in [1.54, 1.807) is 18.2 Å². The third-order valence-corrected chi connectivity index (χ3v) is 7.11. The fourth-order valence-electron chi connectivity index (χ4n) is 4.49. The van der Waals surface area contributed by atoms with Crippen LogP contribution < -0.4 is 26.3 Å². The summed E-state index contributed by atoms with van der Waals surface area (Å²) in [7, 11) is -2.09. The first-order chi connectivity index (χ1) is 18.0. The largest absolute Gasteiger partial charge is 0.492 e. The van der Waals surface area contributed by atoms with Gasteiger partial charge in [-0.2, -0.15) is 0 Å². The number of hydrogen-bond acceptors (Lipinski definition) is 6. The highest BCUT2D eigenvalue weighted by molar-refractivity contribution is 7.92. The molecule has 1 fully saturated rings. The lowest BCUT2D eigenvalue weighted by atomic mass is 10.1. The van der Waals surface area contributed by atoms with E-state index >= 15 is 0 Å². The summed E-state index contributed by atoms with van der Waals surface area (Å²) in [6.07, 6.45) is 2.96. The van der Waals surface area contributed by atoms with E-state index < -0.39 is 26.8 Å². The number of sulfonamides is 1. The number of aromatic nitrogens is 3. The summed E-state index contributed by atoms with van der Waals surface area (Å²) in [5.41, 5.74) is 1.23. The maximum Gasteiger partial charge on any atom is 0.337 e. The number of aryl methyl sites for hydroxylation is 2. The Morgan fingerprint density at radius 3 is 2.39 bits per heavy atom. The number of benzene rings is 2. The second-order valence-corrected chi connectivity index (χ2v) is 11.4. The van der Waals surface area contributed by atoms with Crippen molar-refractivity contribution in [2.75, 3.05) is 17.6 Å². The van der Waals surface area contributed by atoms with Crippen LogP contribution in [0, 0.1) is 6.92 Å². The van der Waals surface area contributed by atoms with Crippen LogP contribution in [0.15, 0.2) is 69.0 Å². The molecule has 0 spiro atoms. The number of hydrogen-bond donors (Lipinski definition) is 1. The molecule has 4 aromatic rings. The minimum atomic E-state index is -3.57. The first-order valence-corrected chi connectivity index (χ1v) is 14.1. The molecule has 2 aromatic carbocycles. The number of ether oxygens (including phenoxy) is 1. The van der Waals surface area contributed by atoms with Crippen LogP contribution in [0.5, 0.6) is 5.75 Å². The number of anilines is 1. The first kappa shape index (κ1) is 25.5. The van der Waals surface area contributed by atoms with Gasteiger partial charge in [0.05, 0.1) is 24.2 Å². The van der Waals surface area contributed by atoms with Gasteiger partial charge in [-0.1, -0.05) is 35.9 Å². The standard InChI is InChI=1S/C27H28N4O6S/c1-17-7-9-18(10-8-17)13-14-37-22-16-23(32)29(2)25-24(22)26(33)31(20-11-12-20)27(34)30(25)21-6-4-5-19(15-21)28-38(3,35)36/h4-10,15-16,20,28H,11-14H2,1-3H3. The first-order valence-electron chi connectivity index (χ1n) is 12.2. The van der Waals surface area contributed by atoms with Crippen LogP contribution in [0.25, 0.3) is 16.7 Å². The molecular formula is C27H28N4O6S. The van der Waals surface area contributed by atoms with E-state index in [2.05, 4.69) is 4.72 Å². The summed E-state index contributed by atoms with van der Waals surface area (Å²) in [6, 6.07) is 15.3. The summed E-state index contributed by atoms with van der Waals surface area (Å²) >= 11 is 0. The van der Waals surface area contributed by atoms with Crippen LogP contribution in [-0.4, -0.2) is 35.0 Å². The third-order valence-electron chi connectivity index (χ3n) is 6.50. The maximum absolute atomic E-state index is 13.7. The second kappa shape index (κ2) is 9.64. The molecule has 0 radical (unpaired) electrons. The summed E-state index contributed by atoms with van der Waals surface area (Å²) < 4.78 is 35.7. The molecule has 1 aliphatic rings. The normalized spacial score (nSPS) is 13.6. The van der Waals surface area contributed by atoms with Gasteiger partial charge >= 0.3 is 5.69 Å². The van der Waals surface area contributed by atoms with Crippen molar-refractivity contribution in [2.45, 2.75) is 32.2 Å². The second-order valence-electron chi connectivity index (χ2n) is 9.64. The topological polar surface area (TPSA) is 121 Å². The van der Waals surface area contributed by atoms with Crippen LogP contribution in [-0.2, 0) is 23.5 Å². The van der Waals surface area contributed by atoms with E-state index in [0.29, 0.717) is 24.9 Å². The molecule has 5 rings (SSSR count). The SMILES string of the molecule is Cc1ccc(CCOc2cc(=O)n(C)c3c2c(=O)n(C2CC2)c(=O)n3-c2cccc(NS(C)(=O)=O)c2)cc1. The molecule has 1 saturated carbocycles. The molecule has 0 aliphatic heterocycles. The molecule has 0 unspecified atom stereocenters. The monoisotopic (exact) mass is 536 g/mol. The lowest BCUT2D eigenvalue weighted by Gasteiger charge is -2.19. The molecule has 198 valence electrons. The van der Waals surface area contributed by atoms with Gasteiger partial charge in [0.15, 0.2) is 0 Å². The maximum atomic E-state index is 13.7. The van der Waals surface area contributed by atoms with Gasteiger partial charge in [0.25, 0.3) is 11.1 Å². The minimum Gasteiger partial charge on any atom is -0.492 e. The molecule has 0 bridgehead atoms. The number of nitrogens with zero attached hydrogens (tertiary/aromatic N) is 3. The Bertz CT molecular complexity index is 1830. The zero-order valence-electron chi connectivity index (χ0n) is 21.3. The van der Waals surface area contributed by atoms with E-state index in [9.17, 15) is 22.8 Å². The van der Waals surface area contributed by atoms with Gasteiger partial charge in [-0.25, -0.2) is 17.8 Å². The van der Waals surface area contributed by atoms with Crippen molar-refractivity contribution in [3.63, 3.8) is 0 Å². The summed E-state index contributed by atoms with van der Waals surface area (Å²) in [5.74, 6) is 0.105. The Morgan fingerprint density at radius 2 is 1.74 bits per heavy atom. The zero-order valence-corrected chi connectivity index (χ0v) is 22.1. The molecule has 1 N–H and O–H groups in total. The molecule has 1 aliphatic carbocycles. The fourth-order valence-corrected chi connectivity index (χ4v) is 5.04. The Morgan fingerprint density at radius 1 is 1.03 bits per heavy atom. The molecule has 0 saturated heterocycles. The van der Waals surface area contributed by atoms with Gasteiger partial charge < -0.3 is 4.74 Å². The van der Waals surface area contributed by atoms with E-state index in [-0.39, 0.29) is 35.1 Å². The van der Waals surface area contributed by atoms with E-state index in [1.165, 1.54) is 32.9 Å². The minimum absolute atomic E-state index is 0.0752. The molecule has 38 heavy (non-hydrogen) atoms. The van der Waals surface area contributed by atoms with Crippen LogP contribution in [0.2, 0.25) is 0 Å². The van der Waals surface area contributed by atoms with Crippen LogP contribution >= 0.6 is 0 Å². The third kappa shape index (κ3) is 5.01. The highest BCUT2D eigenvalue weighted by Crippen LogP contribution is 2.33. The lowest BCUT2D eigenvalue weighted by Crippen LogP contribution is -2.41. The predicted molar refractivity (Wildman–Crippen MR) is 146 cm³/mol. The van der Waals surface area contributed by atoms with Crippen molar-refractivity contribution < 1.29 is 13.2 Å². The number of pyridine rings is 1. The molecule has 2 aromatic heterocycles. The van der Waals surface area contributed by atoms with Crippen molar-refractivity contribution in [1.29, 1.82) is 0 Å². The van der Waals surface area contributed by atoms with Gasteiger partial charge in [0.1, 0.15) is 16.8 Å². The van der Waals surface area contributed by atoms with Crippen molar-refractivity contribution in [1.82, 2.24) is 13.7 Å². The Kier molecular flexibility index (Phi) is 6.47. The van der Waals surface area contributed by atoms with Crippen molar-refractivity contribution in [3.05, 3.63) is 96.9 Å². The quantitative estimate of drug-likeness (QED) is 0.369. The zero-order chi connectivity index (χ0) is 27.2. The summed E-state index contributed by atoms with van der Waals surface area (Å²) in [4.78, 5) is 40.4. The van der Waals surface area contributed by atoms with Gasteiger partial charge in [0, 0.05) is 25.6 Å². The van der Waals surface area contributed by atoms with Gasteiger partial charge in [0.2, 0.25) is 10.0 Å². The van der Waals surface area contributed by atoms with Gasteiger partial charge in [-0.15, -0.1) is 0 Å². The van der Waals surface area contributed by atoms with Crippen LogP contribution in [0.1, 0.15) is 30.0 Å².